The van der Waals surface area contributed by atoms with E-state index in [-0.39, 0.29) is 30.1 Å². The number of anilines is 2. The van der Waals surface area contributed by atoms with Gasteiger partial charge < -0.3 is 41.6 Å². The number of hydrogen-bond donors (Lipinski definition) is 6. The molecule has 5 rings (SSSR count). The number of nitrogens with two attached hydrogens (primary N) is 2. The Labute approximate surface area is 220 Å². The molecule has 2 saturated heterocycles. The normalized spacial score (nSPS) is 25.0. The third kappa shape index (κ3) is 4.86. The van der Waals surface area contributed by atoms with Crippen molar-refractivity contribution in [3.8, 4) is 0 Å². The van der Waals surface area contributed by atoms with Gasteiger partial charge in [-0.25, -0.2) is 13.8 Å². The van der Waals surface area contributed by atoms with Crippen LogP contribution in [0.25, 0.3) is 11.2 Å². The molecule has 5 atom stereocenters. The van der Waals surface area contributed by atoms with E-state index in [1.54, 1.807) is 12.1 Å². The van der Waals surface area contributed by atoms with E-state index in [9.17, 15) is 34.4 Å². The van der Waals surface area contributed by atoms with Gasteiger partial charge in [-0.2, -0.15) is 9.66 Å². The average Bonchev–Trinajstić information content (AvgIpc) is 3.35. The summed E-state index contributed by atoms with van der Waals surface area (Å²) in [6.07, 6.45) is -6.87. The van der Waals surface area contributed by atoms with Crippen LogP contribution < -0.4 is 27.7 Å². The zero-order valence-electron chi connectivity index (χ0n) is 20.9. The summed E-state index contributed by atoms with van der Waals surface area (Å²) < 4.78 is 21.1. The van der Waals surface area contributed by atoms with Crippen molar-refractivity contribution in [2.45, 2.75) is 37.2 Å². The minimum Gasteiger partial charge on any atom is -0.394 e. The summed E-state index contributed by atoms with van der Waals surface area (Å²) in [6, 6.07) is 6.22. The van der Waals surface area contributed by atoms with Crippen LogP contribution in [0.2, 0.25) is 0 Å². The summed E-state index contributed by atoms with van der Waals surface area (Å²) in [5.74, 6) is 4.99. The first-order valence-corrected chi connectivity index (χ1v) is 12.4. The van der Waals surface area contributed by atoms with Crippen LogP contribution in [-0.4, -0.2) is 108 Å². The highest BCUT2D eigenvalue weighted by Gasteiger charge is 2.45. The number of ether oxygens (including phenoxy) is 1. The van der Waals surface area contributed by atoms with Gasteiger partial charge in [-0.1, -0.05) is 0 Å². The Balaban J connectivity index is 1.38. The molecule has 8 N–H and O–H groups in total. The van der Waals surface area contributed by atoms with E-state index in [4.69, 9.17) is 16.3 Å². The highest BCUT2D eigenvalue weighted by atomic mass is 19.1. The van der Waals surface area contributed by atoms with Crippen LogP contribution in [-0.2, 0) is 11.3 Å². The molecule has 39 heavy (non-hydrogen) atoms. The molecule has 2 aliphatic rings. The number of imidazole rings is 1. The number of aliphatic hydroxyl groups is 4. The van der Waals surface area contributed by atoms with E-state index in [1.165, 1.54) is 12.1 Å². The molecule has 0 aliphatic carbocycles. The van der Waals surface area contributed by atoms with Crippen molar-refractivity contribution in [1.82, 2.24) is 23.7 Å². The van der Waals surface area contributed by atoms with Crippen molar-refractivity contribution in [1.29, 1.82) is 0 Å². The predicted octanol–water partition coefficient (Wildman–Crippen LogP) is -3.41. The Morgan fingerprint density at radius 3 is 2.36 bits per heavy atom. The highest BCUT2D eigenvalue weighted by Crippen LogP contribution is 2.30. The molecule has 0 radical (unpaired) electrons. The van der Waals surface area contributed by atoms with Crippen molar-refractivity contribution >= 4 is 22.8 Å². The molecule has 212 valence electrons. The van der Waals surface area contributed by atoms with Crippen LogP contribution in [0.15, 0.2) is 33.9 Å². The number of rotatable bonds is 7. The Morgan fingerprint density at radius 2 is 1.74 bits per heavy atom. The molecule has 3 aromatic rings. The maximum Gasteiger partial charge on any atom is 0.332 e. The molecule has 2 aliphatic heterocycles. The van der Waals surface area contributed by atoms with E-state index in [0.717, 1.165) is 14.8 Å². The first-order valence-electron chi connectivity index (χ1n) is 12.4. The van der Waals surface area contributed by atoms with Gasteiger partial charge in [0.15, 0.2) is 17.4 Å². The Hall–Kier alpha value is -3.54. The van der Waals surface area contributed by atoms with Crippen molar-refractivity contribution in [2.75, 3.05) is 55.8 Å². The molecule has 0 spiro atoms. The van der Waals surface area contributed by atoms with E-state index in [1.807, 2.05) is 4.90 Å². The van der Waals surface area contributed by atoms with Crippen molar-refractivity contribution < 1.29 is 29.6 Å². The molecule has 0 bridgehead atoms. The number of benzene rings is 1. The molecule has 16 heteroatoms. The summed E-state index contributed by atoms with van der Waals surface area (Å²) in [4.78, 5) is 34.7. The molecule has 2 fully saturated rings. The van der Waals surface area contributed by atoms with Gasteiger partial charge in [0, 0.05) is 38.4 Å². The van der Waals surface area contributed by atoms with Crippen LogP contribution in [0, 0.1) is 5.82 Å². The quantitative estimate of drug-likeness (QED) is 0.159. The number of fused-ring (bicyclic) bond motifs is 1. The number of β-amino-alcohol motifs (C(OH)–C–C–N with tert-alkyl or cyclic N) is 1. The van der Waals surface area contributed by atoms with E-state index in [0.29, 0.717) is 30.9 Å². The second-order valence-corrected chi connectivity index (χ2v) is 9.73. The zero-order chi connectivity index (χ0) is 28.0. The maximum absolute atomic E-state index is 13.5. The van der Waals surface area contributed by atoms with Gasteiger partial charge in [-0.05, 0) is 24.3 Å². The minimum atomic E-state index is -1.62. The van der Waals surface area contributed by atoms with Crippen LogP contribution in [0.4, 0.5) is 16.0 Å². The predicted molar refractivity (Wildman–Crippen MR) is 137 cm³/mol. The summed E-state index contributed by atoms with van der Waals surface area (Å²) in [6.45, 7) is 1.73. The van der Waals surface area contributed by atoms with Gasteiger partial charge in [0.1, 0.15) is 24.1 Å². The number of piperazine rings is 1. The summed E-state index contributed by atoms with van der Waals surface area (Å²) >= 11 is 0. The Bertz CT molecular complexity index is 1450. The Morgan fingerprint density at radius 1 is 1.08 bits per heavy atom. The van der Waals surface area contributed by atoms with Crippen molar-refractivity contribution in [3.05, 3.63) is 50.9 Å². The van der Waals surface area contributed by atoms with Gasteiger partial charge in [0.25, 0.3) is 5.56 Å². The first kappa shape index (κ1) is 27.0. The molecule has 0 amide bonds. The van der Waals surface area contributed by atoms with E-state index >= 15 is 0 Å². The lowest BCUT2D eigenvalue weighted by Crippen LogP contribution is -2.49. The number of nitrogen functional groups attached to an aromatic ring is 2. The monoisotopic (exact) mass is 550 g/mol. The first-order chi connectivity index (χ1) is 18.6. The summed E-state index contributed by atoms with van der Waals surface area (Å²) in [5, 5.41) is 41.1. The summed E-state index contributed by atoms with van der Waals surface area (Å²) in [7, 11) is 0. The molecule has 1 aromatic carbocycles. The molecule has 2 aromatic heterocycles. The lowest BCUT2D eigenvalue weighted by molar-refractivity contribution is -0.0529. The van der Waals surface area contributed by atoms with Crippen LogP contribution in [0.1, 0.15) is 6.23 Å². The number of halogens is 1. The van der Waals surface area contributed by atoms with Gasteiger partial charge in [-0.3, -0.25) is 14.3 Å². The minimum absolute atomic E-state index is 0.184. The molecule has 15 nitrogen and oxygen atoms in total. The Kier molecular flexibility index (Phi) is 7.32. The molecule has 0 saturated carbocycles. The van der Waals surface area contributed by atoms with Crippen molar-refractivity contribution in [3.63, 3.8) is 0 Å². The standard InChI is InChI=1S/C23H31FN8O7/c24-12-1-3-13(4-2-12)29-7-5-28(6-8-29)9-14(34)10-30-16-19(27-22(25)32(26)20(16)37)31(23(30)38)21-18(36)17(35)15(11-33)39-21/h1-4,14-15,17-18,21,33-36H,5-11,26H2,(H2,25,27)/t14?,15-,17-,18-,21-/m1/s1. The van der Waals surface area contributed by atoms with Gasteiger partial charge in [0.05, 0.1) is 19.3 Å². The van der Waals surface area contributed by atoms with Gasteiger partial charge >= 0.3 is 5.69 Å². The number of aliphatic hydroxyl groups excluding tert-OH is 4. The fraction of sp³-hybridized carbons (Fsp3) is 0.522. The third-order valence-corrected chi connectivity index (χ3v) is 7.23. The van der Waals surface area contributed by atoms with E-state index < -0.39 is 54.4 Å². The average molecular weight is 551 g/mol. The van der Waals surface area contributed by atoms with Crippen LogP contribution >= 0.6 is 0 Å². The SMILES string of the molecule is Nc1nc2c(c(=O)n1N)n(CC(O)CN1CCN(c3ccc(F)cc3)CC1)c(=O)n2[C@@H]1O[C@H](CO)[C@@H](O)[C@H]1O. The lowest BCUT2D eigenvalue weighted by atomic mass is 10.1. The topological polar surface area (TPSA) is 210 Å². The smallest absolute Gasteiger partial charge is 0.332 e. The van der Waals surface area contributed by atoms with Crippen LogP contribution in [0.5, 0.6) is 0 Å². The second-order valence-electron chi connectivity index (χ2n) is 9.73. The molecule has 1 unspecified atom stereocenters. The maximum atomic E-state index is 13.5. The molecular weight excluding hydrogens is 519 g/mol. The second kappa shape index (κ2) is 10.6. The largest absolute Gasteiger partial charge is 0.394 e. The number of hydrogen-bond acceptors (Lipinski definition) is 12. The van der Waals surface area contributed by atoms with E-state index in [2.05, 4.69) is 9.88 Å². The van der Waals surface area contributed by atoms with Crippen LogP contribution in [0.3, 0.4) is 0 Å². The lowest BCUT2D eigenvalue weighted by Gasteiger charge is -2.36. The zero-order valence-corrected chi connectivity index (χ0v) is 20.9. The van der Waals surface area contributed by atoms with Gasteiger partial charge in [-0.15, -0.1) is 0 Å². The van der Waals surface area contributed by atoms with Gasteiger partial charge in [0.2, 0.25) is 5.95 Å². The third-order valence-electron chi connectivity index (χ3n) is 7.23. The number of aromatic nitrogens is 4. The number of nitrogens with zero attached hydrogens (tertiary/aromatic N) is 6. The highest BCUT2D eigenvalue weighted by molar-refractivity contribution is 5.72. The fourth-order valence-corrected chi connectivity index (χ4v) is 5.15. The molecule has 4 heterocycles. The fourth-order valence-electron chi connectivity index (χ4n) is 5.15. The summed E-state index contributed by atoms with van der Waals surface area (Å²) in [5.41, 5.74) is 4.41. The van der Waals surface area contributed by atoms with Crippen molar-refractivity contribution in [2.24, 2.45) is 0 Å². The molecular formula is C23H31FN8O7.